The number of nitrogens with one attached hydrogen (secondary N) is 1. The number of H-pyrrole nitrogens is 1. The Morgan fingerprint density at radius 2 is 2.04 bits per heavy atom. The van der Waals surface area contributed by atoms with E-state index in [4.69, 9.17) is 9.47 Å². The van der Waals surface area contributed by atoms with Crippen LogP contribution in [0, 0.1) is 0 Å². The van der Waals surface area contributed by atoms with Gasteiger partial charge in [-0.1, -0.05) is 18.2 Å². The van der Waals surface area contributed by atoms with Crippen molar-refractivity contribution in [2.24, 2.45) is 0 Å². The molecule has 0 aliphatic carbocycles. The molecule has 0 aliphatic heterocycles. The van der Waals surface area contributed by atoms with Crippen LogP contribution in [0.1, 0.15) is 12.0 Å². The first kappa shape index (κ1) is 17.2. The normalized spacial score (nSPS) is 11.1. The second kappa shape index (κ2) is 7.58. The number of aromatic nitrogens is 2. The molecular formula is C22H22N2O3. The lowest BCUT2D eigenvalue weighted by Gasteiger charge is -2.08. The van der Waals surface area contributed by atoms with Crippen LogP contribution in [-0.2, 0) is 22.5 Å². The van der Waals surface area contributed by atoms with Crippen molar-refractivity contribution in [3.05, 3.63) is 66.5 Å². The van der Waals surface area contributed by atoms with Crippen molar-refractivity contribution in [3.8, 4) is 5.75 Å². The minimum Gasteiger partial charge on any atom is -0.494 e. The molecule has 2 heterocycles. The van der Waals surface area contributed by atoms with E-state index >= 15 is 0 Å². The van der Waals surface area contributed by atoms with Crippen molar-refractivity contribution in [1.29, 1.82) is 0 Å². The van der Waals surface area contributed by atoms with Crippen LogP contribution in [0.3, 0.4) is 0 Å². The molecule has 0 aliphatic rings. The second-order valence-corrected chi connectivity index (χ2v) is 6.54. The molecule has 27 heavy (non-hydrogen) atoms. The molecule has 0 spiro atoms. The van der Waals surface area contributed by atoms with E-state index in [0.717, 1.165) is 35.2 Å². The summed E-state index contributed by atoms with van der Waals surface area (Å²) >= 11 is 0. The smallest absolute Gasteiger partial charge is 0.310 e. The summed E-state index contributed by atoms with van der Waals surface area (Å²) in [5.41, 5.74) is 3.15. The number of para-hydroxylation sites is 1. The first-order chi connectivity index (χ1) is 13.2. The molecule has 0 atom stereocenters. The lowest BCUT2D eigenvalue weighted by molar-refractivity contribution is -0.139. The zero-order valence-electron chi connectivity index (χ0n) is 15.3. The summed E-state index contributed by atoms with van der Waals surface area (Å²) in [7, 11) is 1.40. The van der Waals surface area contributed by atoms with Crippen LogP contribution >= 0.6 is 0 Å². The fourth-order valence-corrected chi connectivity index (χ4v) is 3.38. The van der Waals surface area contributed by atoms with Gasteiger partial charge in [0.1, 0.15) is 5.75 Å². The number of nitrogens with zero attached hydrogens (tertiary/aromatic N) is 1. The van der Waals surface area contributed by atoms with Crippen LogP contribution < -0.4 is 4.74 Å². The molecule has 2 aromatic carbocycles. The van der Waals surface area contributed by atoms with Crippen LogP contribution in [0.25, 0.3) is 21.8 Å². The SMILES string of the molecule is COC(=O)Cc1c[nH]c2ccc(OCCCn3ccc4ccccc43)cc12. The Hall–Kier alpha value is -3.21. The zero-order chi connectivity index (χ0) is 18.6. The van der Waals surface area contributed by atoms with Gasteiger partial charge in [0.15, 0.2) is 0 Å². The van der Waals surface area contributed by atoms with Crippen molar-refractivity contribution < 1.29 is 14.3 Å². The fourth-order valence-electron chi connectivity index (χ4n) is 3.38. The number of hydrogen-bond acceptors (Lipinski definition) is 3. The summed E-state index contributed by atoms with van der Waals surface area (Å²) in [6, 6.07) is 16.4. The van der Waals surface area contributed by atoms with Gasteiger partial charge in [-0.2, -0.15) is 0 Å². The molecule has 4 aromatic rings. The van der Waals surface area contributed by atoms with E-state index < -0.39 is 0 Å². The Morgan fingerprint density at radius 1 is 1.15 bits per heavy atom. The van der Waals surface area contributed by atoms with E-state index in [9.17, 15) is 4.79 Å². The van der Waals surface area contributed by atoms with Crippen LogP contribution in [-0.4, -0.2) is 29.2 Å². The molecule has 0 fully saturated rings. The maximum Gasteiger partial charge on any atom is 0.310 e. The molecule has 1 N–H and O–H groups in total. The Labute approximate surface area is 157 Å². The molecule has 0 radical (unpaired) electrons. The maximum absolute atomic E-state index is 11.6. The zero-order valence-corrected chi connectivity index (χ0v) is 15.3. The monoisotopic (exact) mass is 362 g/mol. The average Bonchev–Trinajstić information content (AvgIpc) is 3.29. The van der Waals surface area contributed by atoms with Gasteiger partial charge in [0.2, 0.25) is 0 Å². The van der Waals surface area contributed by atoms with Crippen molar-refractivity contribution >= 4 is 27.8 Å². The van der Waals surface area contributed by atoms with Crippen molar-refractivity contribution in [2.45, 2.75) is 19.4 Å². The summed E-state index contributed by atoms with van der Waals surface area (Å²) in [4.78, 5) is 14.7. The fraction of sp³-hybridized carbons (Fsp3) is 0.227. The lowest BCUT2D eigenvalue weighted by atomic mass is 10.1. The molecule has 5 nitrogen and oxygen atoms in total. The number of benzene rings is 2. The van der Waals surface area contributed by atoms with Gasteiger partial charge in [-0.3, -0.25) is 4.79 Å². The summed E-state index contributed by atoms with van der Waals surface area (Å²) in [5, 5.41) is 2.25. The molecule has 0 amide bonds. The highest BCUT2D eigenvalue weighted by Crippen LogP contribution is 2.24. The largest absolute Gasteiger partial charge is 0.494 e. The van der Waals surface area contributed by atoms with Crippen LogP contribution in [0.5, 0.6) is 5.75 Å². The standard InChI is InChI=1S/C22H22N2O3/c1-26-22(25)13-17-15-23-20-8-7-18(14-19(17)20)27-12-4-10-24-11-9-16-5-2-3-6-21(16)24/h2-3,5-9,11,14-15,23H,4,10,12-13H2,1H3. The second-order valence-electron chi connectivity index (χ2n) is 6.54. The van der Waals surface area contributed by atoms with Crippen molar-refractivity contribution in [2.75, 3.05) is 13.7 Å². The summed E-state index contributed by atoms with van der Waals surface area (Å²) in [5.74, 6) is 0.562. The Bertz CT molecular complexity index is 1080. The molecule has 0 saturated heterocycles. The van der Waals surface area contributed by atoms with E-state index in [1.807, 2.05) is 24.4 Å². The molecule has 5 heteroatoms. The number of aryl methyl sites for hydroxylation is 1. The first-order valence-corrected chi connectivity index (χ1v) is 9.08. The van der Waals surface area contributed by atoms with Gasteiger partial charge in [0.25, 0.3) is 0 Å². The van der Waals surface area contributed by atoms with E-state index in [-0.39, 0.29) is 12.4 Å². The third-order valence-corrected chi connectivity index (χ3v) is 4.79. The first-order valence-electron chi connectivity index (χ1n) is 9.08. The predicted octanol–water partition coefficient (Wildman–Crippen LogP) is 4.31. The summed E-state index contributed by atoms with van der Waals surface area (Å²) < 4.78 is 13.0. The molecule has 0 bridgehead atoms. The minimum absolute atomic E-state index is 0.249. The number of carbonyl (C=O) groups excluding carboxylic acids is 1. The van der Waals surface area contributed by atoms with Crippen LogP contribution in [0.15, 0.2) is 60.9 Å². The van der Waals surface area contributed by atoms with Gasteiger partial charge in [-0.25, -0.2) is 0 Å². The number of esters is 1. The van der Waals surface area contributed by atoms with E-state index in [2.05, 4.69) is 46.1 Å². The molecule has 4 rings (SSSR count). The number of aromatic amines is 1. The van der Waals surface area contributed by atoms with E-state index in [0.29, 0.717) is 6.61 Å². The lowest BCUT2D eigenvalue weighted by Crippen LogP contribution is -2.04. The quantitative estimate of drug-likeness (QED) is 0.394. The van der Waals surface area contributed by atoms with Crippen molar-refractivity contribution in [1.82, 2.24) is 9.55 Å². The van der Waals surface area contributed by atoms with Gasteiger partial charge in [0.05, 0.1) is 20.1 Å². The predicted molar refractivity (Wildman–Crippen MR) is 106 cm³/mol. The number of hydrogen-bond donors (Lipinski definition) is 1. The molecule has 138 valence electrons. The highest BCUT2D eigenvalue weighted by molar-refractivity contribution is 5.88. The van der Waals surface area contributed by atoms with Crippen LogP contribution in [0.2, 0.25) is 0 Å². The minimum atomic E-state index is -0.249. The van der Waals surface area contributed by atoms with Crippen LogP contribution in [0.4, 0.5) is 0 Å². The van der Waals surface area contributed by atoms with Gasteiger partial charge in [0, 0.05) is 35.4 Å². The van der Waals surface area contributed by atoms with Gasteiger partial charge in [-0.05, 0) is 47.7 Å². The number of methoxy groups -OCH3 is 1. The topological polar surface area (TPSA) is 56.3 Å². The van der Waals surface area contributed by atoms with Gasteiger partial charge in [-0.15, -0.1) is 0 Å². The highest BCUT2D eigenvalue weighted by Gasteiger charge is 2.10. The van der Waals surface area contributed by atoms with Crippen molar-refractivity contribution in [3.63, 3.8) is 0 Å². The number of fused-ring (bicyclic) bond motifs is 2. The molecule has 2 aromatic heterocycles. The summed E-state index contributed by atoms with van der Waals surface area (Å²) in [6.07, 6.45) is 5.14. The van der Waals surface area contributed by atoms with E-state index in [1.165, 1.54) is 18.0 Å². The average molecular weight is 362 g/mol. The third-order valence-electron chi connectivity index (χ3n) is 4.79. The Balaban J connectivity index is 1.38. The van der Waals surface area contributed by atoms with E-state index in [1.54, 1.807) is 0 Å². The number of carbonyl (C=O) groups is 1. The molecular weight excluding hydrogens is 340 g/mol. The highest BCUT2D eigenvalue weighted by atomic mass is 16.5. The third kappa shape index (κ3) is 3.67. The number of rotatable bonds is 7. The Kier molecular flexibility index (Phi) is 4.83. The number of ether oxygens (including phenoxy) is 2. The van der Waals surface area contributed by atoms with Gasteiger partial charge < -0.3 is 19.0 Å². The molecule has 0 unspecified atom stereocenters. The molecule has 0 saturated carbocycles. The summed E-state index contributed by atoms with van der Waals surface area (Å²) in [6.45, 7) is 1.54. The maximum atomic E-state index is 11.6. The Morgan fingerprint density at radius 3 is 2.93 bits per heavy atom. The van der Waals surface area contributed by atoms with Gasteiger partial charge >= 0.3 is 5.97 Å².